The summed E-state index contributed by atoms with van der Waals surface area (Å²) in [5, 5.41) is 2.95. The van der Waals surface area contributed by atoms with Crippen molar-refractivity contribution in [2.45, 2.75) is 12.8 Å². The third-order valence-corrected chi connectivity index (χ3v) is 5.92. The molecule has 29 heavy (non-hydrogen) atoms. The van der Waals surface area contributed by atoms with Gasteiger partial charge in [0.2, 0.25) is 11.8 Å². The fraction of sp³-hybridized carbons (Fsp3) is 0.391. The molecule has 4 rings (SSSR count). The highest BCUT2D eigenvalue weighted by Crippen LogP contribution is 2.48. The number of hydrogen-bond acceptors (Lipinski definition) is 4. The van der Waals surface area contributed by atoms with Crippen LogP contribution in [0.1, 0.15) is 12.8 Å². The standard InChI is InChI=1S/C23H28N4O2/c1-25(2)19-10-8-18(9-11-19)24-21(28)23(12-13-23)22(29)27-16-14-26(15-17-27)20-6-4-3-5-7-20/h3-11H,12-17H2,1-2H3,(H,24,28). The maximum atomic E-state index is 13.1. The van der Waals surface area contributed by atoms with E-state index in [0.29, 0.717) is 25.9 Å². The van der Waals surface area contributed by atoms with Crippen molar-refractivity contribution in [1.29, 1.82) is 0 Å². The Balaban J connectivity index is 1.36. The molecule has 2 aromatic rings. The molecule has 1 saturated heterocycles. The molecule has 1 heterocycles. The molecule has 1 N–H and O–H groups in total. The zero-order valence-electron chi connectivity index (χ0n) is 17.1. The van der Waals surface area contributed by atoms with Gasteiger partial charge >= 0.3 is 0 Å². The minimum atomic E-state index is -0.880. The van der Waals surface area contributed by atoms with E-state index in [1.807, 2.05) is 66.4 Å². The lowest BCUT2D eigenvalue weighted by atomic mass is 10.0. The van der Waals surface area contributed by atoms with Gasteiger partial charge in [-0.15, -0.1) is 0 Å². The first-order valence-electron chi connectivity index (χ1n) is 10.2. The number of rotatable bonds is 5. The number of carbonyl (C=O) groups excluding carboxylic acids is 2. The van der Waals surface area contributed by atoms with Gasteiger partial charge in [-0.2, -0.15) is 0 Å². The molecule has 0 aromatic heterocycles. The summed E-state index contributed by atoms with van der Waals surface area (Å²) in [5.41, 5.74) is 2.10. The summed E-state index contributed by atoms with van der Waals surface area (Å²) in [6.07, 6.45) is 1.26. The smallest absolute Gasteiger partial charge is 0.240 e. The second-order valence-electron chi connectivity index (χ2n) is 8.09. The fourth-order valence-electron chi connectivity index (χ4n) is 3.87. The molecule has 1 saturated carbocycles. The fourth-order valence-corrected chi connectivity index (χ4v) is 3.87. The lowest BCUT2D eigenvalue weighted by Crippen LogP contribution is -2.52. The molecule has 2 aliphatic rings. The number of carbonyl (C=O) groups is 2. The van der Waals surface area contributed by atoms with Crippen LogP contribution in [0.25, 0.3) is 0 Å². The number of piperazine rings is 1. The normalized spacial score (nSPS) is 17.6. The lowest BCUT2D eigenvalue weighted by molar-refractivity contribution is -0.142. The average Bonchev–Trinajstić information content (AvgIpc) is 3.56. The quantitative estimate of drug-likeness (QED) is 0.795. The molecule has 2 aromatic carbocycles. The highest BCUT2D eigenvalue weighted by Gasteiger charge is 2.58. The van der Waals surface area contributed by atoms with Crippen LogP contribution < -0.4 is 15.1 Å². The van der Waals surface area contributed by atoms with Gasteiger partial charge in [-0.1, -0.05) is 18.2 Å². The Morgan fingerprint density at radius 2 is 1.52 bits per heavy atom. The van der Waals surface area contributed by atoms with Crippen molar-refractivity contribution in [1.82, 2.24) is 4.90 Å². The summed E-state index contributed by atoms with van der Waals surface area (Å²) in [6.45, 7) is 2.89. The van der Waals surface area contributed by atoms with Crippen molar-refractivity contribution >= 4 is 28.9 Å². The number of hydrogen-bond donors (Lipinski definition) is 1. The van der Waals surface area contributed by atoms with Crippen LogP contribution in [-0.2, 0) is 9.59 Å². The highest BCUT2D eigenvalue weighted by atomic mass is 16.2. The molecule has 2 amide bonds. The maximum Gasteiger partial charge on any atom is 0.240 e. The van der Waals surface area contributed by atoms with E-state index >= 15 is 0 Å². The van der Waals surface area contributed by atoms with E-state index < -0.39 is 5.41 Å². The van der Waals surface area contributed by atoms with Crippen LogP contribution in [0.15, 0.2) is 54.6 Å². The van der Waals surface area contributed by atoms with E-state index in [4.69, 9.17) is 0 Å². The van der Waals surface area contributed by atoms with Crippen molar-refractivity contribution in [2.24, 2.45) is 5.41 Å². The first-order valence-corrected chi connectivity index (χ1v) is 10.2. The van der Waals surface area contributed by atoms with Crippen molar-refractivity contribution in [3.63, 3.8) is 0 Å². The van der Waals surface area contributed by atoms with Gasteiger partial charge in [0, 0.05) is 57.3 Å². The lowest BCUT2D eigenvalue weighted by Gasteiger charge is -2.37. The van der Waals surface area contributed by atoms with Gasteiger partial charge in [0.15, 0.2) is 0 Å². The molecule has 6 nitrogen and oxygen atoms in total. The molecule has 0 bridgehead atoms. The molecular formula is C23H28N4O2. The summed E-state index contributed by atoms with van der Waals surface area (Å²) >= 11 is 0. The predicted octanol–water partition coefficient (Wildman–Crippen LogP) is 2.82. The molecule has 6 heteroatoms. The Bertz CT molecular complexity index is 868. The zero-order valence-corrected chi connectivity index (χ0v) is 17.1. The van der Waals surface area contributed by atoms with Crippen molar-refractivity contribution in [2.75, 3.05) is 55.4 Å². The Labute approximate surface area is 172 Å². The summed E-state index contributed by atoms with van der Waals surface area (Å²) < 4.78 is 0. The minimum absolute atomic E-state index is 0.0207. The van der Waals surface area contributed by atoms with E-state index in [0.717, 1.165) is 24.5 Å². The van der Waals surface area contributed by atoms with Gasteiger partial charge in [0.1, 0.15) is 5.41 Å². The van der Waals surface area contributed by atoms with Crippen LogP contribution in [0.5, 0.6) is 0 Å². The number of amides is 2. The van der Waals surface area contributed by atoms with E-state index in [2.05, 4.69) is 22.3 Å². The Hall–Kier alpha value is -3.02. The Kier molecular flexibility index (Phi) is 5.18. The van der Waals surface area contributed by atoms with E-state index in [9.17, 15) is 9.59 Å². The van der Waals surface area contributed by atoms with Crippen molar-refractivity contribution in [3.05, 3.63) is 54.6 Å². The van der Waals surface area contributed by atoms with Crippen LogP contribution in [0.2, 0.25) is 0 Å². The molecule has 0 atom stereocenters. The van der Waals surface area contributed by atoms with Crippen LogP contribution >= 0.6 is 0 Å². The average molecular weight is 393 g/mol. The molecule has 0 spiro atoms. The Morgan fingerprint density at radius 1 is 0.897 bits per heavy atom. The largest absolute Gasteiger partial charge is 0.378 e. The first kappa shape index (κ1) is 19.3. The number of nitrogens with zero attached hydrogens (tertiary/aromatic N) is 3. The van der Waals surface area contributed by atoms with Gasteiger partial charge in [-0.3, -0.25) is 9.59 Å². The van der Waals surface area contributed by atoms with E-state index in [1.54, 1.807) is 0 Å². The van der Waals surface area contributed by atoms with Crippen LogP contribution in [-0.4, -0.2) is 57.0 Å². The molecule has 0 unspecified atom stereocenters. The van der Waals surface area contributed by atoms with Gasteiger partial charge in [-0.25, -0.2) is 0 Å². The molecule has 1 aliphatic carbocycles. The topological polar surface area (TPSA) is 55.9 Å². The number of nitrogens with one attached hydrogen (secondary N) is 1. The van der Waals surface area contributed by atoms with Crippen LogP contribution in [0, 0.1) is 5.41 Å². The van der Waals surface area contributed by atoms with Gasteiger partial charge in [-0.05, 0) is 49.2 Å². The third kappa shape index (κ3) is 3.92. The van der Waals surface area contributed by atoms with Crippen LogP contribution in [0.3, 0.4) is 0 Å². The predicted molar refractivity (Wildman–Crippen MR) is 116 cm³/mol. The second-order valence-corrected chi connectivity index (χ2v) is 8.09. The van der Waals surface area contributed by atoms with Gasteiger partial charge in [0.05, 0.1) is 0 Å². The monoisotopic (exact) mass is 392 g/mol. The number of anilines is 3. The molecule has 1 aliphatic heterocycles. The molecule has 2 fully saturated rings. The summed E-state index contributed by atoms with van der Waals surface area (Å²) in [4.78, 5) is 32.2. The summed E-state index contributed by atoms with van der Waals surface area (Å²) in [7, 11) is 3.95. The third-order valence-electron chi connectivity index (χ3n) is 5.92. The maximum absolute atomic E-state index is 13.1. The Morgan fingerprint density at radius 3 is 2.07 bits per heavy atom. The molecule has 0 radical (unpaired) electrons. The SMILES string of the molecule is CN(C)c1ccc(NC(=O)C2(C(=O)N3CCN(c4ccccc4)CC3)CC2)cc1. The number of para-hydroxylation sites is 1. The van der Waals surface area contributed by atoms with Crippen molar-refractivity contribution in [3.8, 4) is 0 Å². The first-order chi connectivity index (χ1) is 14.0. The van der Waals surface area contributed by atoms with Gasteiger partial charge < -0.3 is 20.0 Å². The summed E-state index contributed by atoms with van der Waals surface area (Å²) in [5.74, 6) is -0.196. The summed E-state index contributed by atoms with van der Waals surface area (Å²) in [6, 6.07) is 17.9. The minimum Gasteiger partial charge on any atom is -0.378 e. The number of benzene rings is 2. The second kappa shape index (κ2) is 7.78. The zero-order chi connectivity index (χ0) is 20.4. The van der Waals surface area contributed by atoms with Crippen LogP contribution in [0.4, 0.5) is 17.1 Å². The van der Waals surface area contributed by atoms with E-state index in [-0.39, 0.29) is 11.8 Å². The van der Waals surface area contributed by atoms with E-state index in [1.165, 1.54) is 5.69 Å². The highest BCUT2D eigenvalue weighted by molar-refractivity contribution is 6.13. The molecular weight excluding hydrogens is 364 g/mol. The molecule has 152 valence electrons. The van der Waals surface area contributed by atoms with Crippen molar-refractivity contribution < 1.29 is 9.59 Å². The van der Waals surface area contributed by atoms with Gasteiger partial charge in [0.25, 0.3) is 0 Å².